The molecule has 98 valence electrons. The molecule has 1 aromatic heterocycles. The Balaban J connectivity index is 1.81. The maximum absolute atomic E-state index is 5.88. The average molecular weight is 270 g/mol. The van der Waals surface area contributed by atoms with Crippen LogP contribution in [0.5, 0.6) is 6.01 Å². The Morgan fingerprint density at radius 1 is 1.33 bits per heavy atom. The molecule has 3 rings (SSSR count). The Morgan fingerprint density at radius 2 is 2.22 bits per heavy atom. The standard InChI is InChI=1S/C11H16ClN5O/c1-18-11-15-9(12)14-10(16-11)17-5-7-3-2-4-13-8(7)6-17/h7-8,13H,2-6H2,1H3. The Hall–Kier alpha value is -1.14. The summed E-state index contributed by atoms with van der Waals surface area (Å²) >= 11 is 5.88. The van der Waals surface area contributed by atoms with Crippen molar-refractivity contribution >= 4 is 17.5 Å². The van der Waals surface area contributed by atoms with Crippen molar-refractivity contribution in [2.75, 3.05) is 31.6 Å². The van der Waals surface area contributed by atoms with E-state index in [-0.39, 0.29) is 11.3 Å². The number of ether oxygens (including phenoxy) is 1. The lowest BCUT2D eigenvalue weighted by Crippen LogP contribution is -2.40. The van der Waals surface area contributed by atoms with E-state index >= 15 is 0 Å². The fraction of sp³-hybridized carbons (Fsp3) is 0.727. The normalized spacial score (nSPS) is 27.1. The number of methoxy groups -OCH3 is 1. The van der Waals surface area contributed by atoms with Gasteiger partial charge in [-0.25, -0.2) is 0 Å². The van der Waals surface area contributed by atoms with Crippen LogP contribution in [0.2, 0.25) is 5.28 Å². The number of nitrogens with one attached hydrogen (secondary N) is 1. The minimum atomic E-state index is 0.180. The first kappa shape index (κ1) is 11.9. The van der Waals surface area contributed by atoms with Gasteiger partial charge >= 0.3 is 6.01 Å². The summed E-state index contributed by atoms with van der Waals surface area (Å²) in [4.78, 5) is 14.5. The highest BCUT2D eigenvalue weighted by Gasteiger charge is 2.35. The van der Waals surface area contributed by atoms with Crippen molar-refractivity contribution in [3.05, 3.63) is 5.28 Å². The van der Waals surface area contributed by atoms with E-state index in [0.29, 0.717) is 17.9 Å². The molecule has 0 amide bonds. The second-order valence-corrected chi connectivity index (χ2v) is 5.10. The summed E-state index contributed by atoms with van der Waals surface area (Å²) in [5.74, 6) is 1.29. The molecule has 0 radical (unpaired) electrons. The van der Waals surface area contributed by atoms with E-state index in [2.05, 4.69) is 25.2 Å². The van der Waals surface area contributed by atoms with Crippen molar-refractivity contribution < 1.29 is 4.74 Å². The summed E-state index contributed by atoms with van der Waals surface area (Å²) in [5.41, 5.74) is 0. The number of hydrogen-bond acceptors (Lipinski definition) is 6. The van der Waals surface area contributed by atoms with Crippen LogP contribution in [0, 0.1) is 5.92 Å². The van der Waals surface area contributed by atoms with Gasteiger partial charge in [0.1, 0.15) is 0 Å². The maximum Gasteiger partial charge on any atom is 0.322 e. The first-order valence-corrected chi connectivity index (χ1v) is 6.58. The van der Waals surface area contributed by atoms with E-state index in [9.17, 15) is 0 Å². The molecule has 0 aromatic carbocycles. The highest BCUT2D eigenvalue weighted by molar-refractivity contribution is 6.28. The van der Waals surface area contributed by atoms with E-state index in [1.54, 1.807) is 0 Å². The topological polar surface area (TPSA) is 63.2 Å². The zero-order chi connectivity index (χ0) is 12.5. The van der Waals surface area contributed by atoms with Crippen molar-refractivity contribution in [3.63, 3.8) is 0 Å². The van der Waals surface area contributed by atoms with Crippen LogP contribution in [0.1, 0.15) is 12.8 Å². The molecule has 0 spiro atoms. The predicted octanol–water partition coefficient (Wildman–Crippen LogP) is 0.722. The minimum Gasteiger partial charge on any atom is -0.467 e. The second-order valence-electron chi connectivity index (χ2n) is 4.76. The summed E-state index contributed by atoms with van der Waals surface area (Å²) in [6, 6.07) is 0.813. The highest BCUT2D eigenvalue weighted by atomic mass is 35.5. The van der Waals surface area contributed by atoms with Crippen LogP contribution < -0.4 is 15.0 Å². The van der Waals surface area contributed by atoms with Crippen LogP contribution in [-0.2, 0) is 0 Å². The first-order chi connectivity index (χ1) is 8.76. The van der Waals surface area contributed by atoms with Gasteiger partial charge in [-0.15, -0.1) is 0 Å². The summed E-state index contributed by atoms with van der Waals surface area (Å²) < 4.78 is 5.02. The maximum atomic E-state index is 5.88. The number of halogens is 1. The molecule has 1 aromatic rings. The Bertz CT molecular complexity index is 429. The van der Waals surface area contributed by atoms with E-state index < -0.39 is 0 Å². The zero-order valence-corrected chi connectivity index (χ0v) is 11.0. The van der Waals surface area contributed by atoms with E-state index in [1.807, 2.05) is 0 Å². The van der Waals surface area contributed by atoms with Crippen LogP contribution in [0.25, 0.3) is 0 Å². The van der Waals surface area contributed by atoms with Gasteiger partial charge in [-0.05, 0) is 36.9 Å². The lowest BCUT2D eigenvalue weighted by atomic mass is 9.94. The number of anilines is 1. The van der Waals surface area contributed by atoms with Gasteiger partial charge < -0.3 is 15.0 Å². The fourth-order valence-corrected chi connectivity index (χ4v) is 2.91. The minimum absolute atomic E-state index is 0.180. The van der Waals surface area contributed by atoms with E-state index in [1.165, 1.54) is 20.0 Å². The molecule has 2 atom stereocenters. The monoisotopic (exact) mass is 269 g/mol. The van der Waals surface area contributed by atoms with Crippen LogP contribution in [-0.4, -0.2) is 47.7 Å². The Kier molecular flexibility index (Phi) is 3.22. The Morgan fingerprint density at radius 3 is 3.00 bits per heavy atom. The van der Waals surface area contributed by atoms with Crippen molar-refractivity contribution in [1.29, 1.82) is 0 Å². The van der Waals surface area contributed by atoms with Gasteiger partial charge in [0.15, 0.2) is 0 Å². The molecular weight excluding hydrogens is 254 g/mol. The SMILES string of the molecule is COc1nc(Cl)nc(N2CC3CCCNC3C2)n1. The molecule has 0 bridgehead atoms. The van der Waals surface area contributed by atoms with Crippen molar-refractivity contribution in [2.24, 2.45) is 5.92 Å². The molecule has 2 saturated heterocycles. The van der Waals surface area contributed by atoms with E-state index in [4.69, 9.17) is 16.3 Å². The number of piperidine rings is 1. The van der Waals surface area contributed by atoms with Crippen LogP contribution in [0.4, 0.5) is 5.95 Å². The van der Waals surface area contributed by atoms with Crippen LogP contribution in [0.15, 0.2) is 0 Å². The fourth-order valence-electron chi connectivity index (χ4n) is 2.76. The van der Waals surface area contributed by atoms with Gasteiger partial charge in [0.05, 0.1) is 7.11 Å². The summed E-state index contributed by atoms with van der Waals surface area (Å²) in [6.07, 6.45) is 2.51. The molecule has 1 N–H and O–H groups in total. The van der Waals surface area contributed by atoms with Crippen molar-refractivity contribution in [2.45, 2.75) is 18.9 Å². The molecular formula is C11H16ClN5O. The quantitative estimate of drug-likeness (QED) is 0.854. The van der Waals surface area contributed by atoms with Gasteiger partial charge in [0, 0.05) is 19.1 Å². The third-order valence-corrected chi connectivity index (χ3v) is 3.81. The Labute approximate surface area is 111 Å². The molecule has 2 aliphatic rings. The van der Waals surface area contributed by atoms with E-state index in [0.717, 1.165) is 19.6 Å². The molecule has 2 unspecified atom stereocenters. The summed E-state index contributed by atoms with van der Waals surface area (Å²) in [5, 5.41) is 3.73. The predicted molar refractivity (Wildman–Crippen MR) is 68.1 cm³/mol. The molecule has 3 heterocycles. The first-order valence-electron chi connectivity index (χ1n) is 6.20. The van der Waals surface area contributed by atoms with Crippen molar-refractivity contribution in [3.8, 4) is 6.01 Å². The molecule has 6 nitrogen and oxygen atoms in total. The smallest absolute Gasteiger partial charge is 0.322 e. The molecule has 18 heavy (non-hydrogen) atoms. The van der Waals surface area contributed by atoms with Crippen molar-refractivity contribution in [1.82, 2.24) is 20.3 Å². The number of aromatic nitrogens is 3. The second kappa shape index (κ2) is 4.85. The van der Waals surface area contributed by atoms with Gasteiger partial charge in [0.25, 0.3) is 0 Å². The van der Waals surface area contributed by atoms with Gasteiger partial charge in [0.2, 0.25) is 11.2 Å². The summed E-state index contributed by atoms with van der Waals surface area (Å²) in [6.45, 7) is 3.01. The largest absolute Gasteiger partial charge is 0.467 e. The van der Waals surface area contributed by atoms with Gasteiger partial charge in [-0.2, -0.15) is 15.0 Å². The zero-order valence-electron chi connectivity index (χ0n) is 10.3. The third-order valence-electron chi connectivity index (χ3n) is 3.64. The average Bonchev–Trinajstić information content (AvgIpc) is 2.81. The molecule has 0 aliphatic carbocycles. The summed E-state index contributed by atoms with van der Waals surface area (Å²) in [7, 11) is 1.53. The van der Waals surface area contributed by atoms with Gasteiger partial charge in [-0.1, -0.05) is 0 Å². The number of hydrogen-bond donors (Lipinski definition) is 1. The molecule has 2 fully saturated rings. The molecule has 2 aliphatic heterocycles. The third kappa shape index (κ3) is 2.22. The van der Waals surface area contributed by atoms with Gasteiger partial charge in [-0.3, -0.25) is 0 Å². The number of fused-ring (bicyclic) bond motifs is 1. The van der Waals surface area contributed by atoms with Crippen LogP contribution >= 0.6 is 11.6 Å². The number of nitrogens with zero attached hydrogens (tertiary/aromatic N) is 4. The van der Waals surface area contributed by atoms with Crippen LogP contribution in [0.3, 0.4) is 0 Å². The lowest BCUT2D eigenvalue weighted by Gasteiger charge is -2.24. The highest BCUT2D eigenvalue weighted by Crippen LogP contribution is 2.28. The lowest BCUT2D eigenvalue weighted by molar-refractivity contribution is 0.340. The number of rotatable bonds is 2. The molecule has 0 saturated carbocycles. The molecule has 7 heteroatoms.